The van der Waals surface area contributed by atoms with Gasteiger partial charge in [-0.25, -0.2) is 0 Å². The Morgan fingerprint density at radius 2 is 2.24 bits per heavy atom. The molecule has 0 amide bonds. The molecular formula is C12H13BrClN3. The summed E-state index contributed by atoms with van der Waals surface area (Å²) >= 11 is 9.52. The highest BCUT2D eigenvalue weighted by molar-refractivity contribution is 9.10. The van der Waals surface area contributed by atoms with Gasteiger partial charge in [0, 0.05) is 11.0 Å². The third kappa shape index (κ3) is 2.70. The van der Waals surface area contributed by atoms with Crippen LogP contribution in [-0.4, -0.2) is 9.78 Å². The summed E-state index contributed by atoms with van der Waals surface area (Å²) in [5.74, 6) is 0. The van der Waals surface area contributed by atoms with E-state index in [-0.39, 0.29) is 0 Å². The van der Waals surface area contributed by atoms with E-state index < -0.39 is 0 Å². The molecule has 0 radical (unpaired) electrons. The second kappa shape index (κ2) is 5.21. The molecule has 3 nitrogen and oxygen atoms in total. The van der Waals surface area contributed by atoms with Crippen molar-refractivity contribution in [3.05, 3.63) is 50.7 Å². The first kappa shape index (κ1) is 12.6. The van der Waals surface area contributed by atoms with Gasteiger partial charge in [0.1, 0.15) is 0 Å². The highest BCUT2D eigenvalue weighted by Crippen LogP contribution is 2.21. The predicted octanol–water partition coefficient (Wildman–Crippen LogP) is 3.11. The Bertz CT molecular complexity index is 537. The SMILES string of the molecule is Cc1c(Cl)cnn1Cc1ccc(CN)cc1Br. The number of benzene rings is 1. The van der Waals surface area contributed by atoms with Crippen molar-refractivity contribution in [1.82, 2.24) is 9.78 Å². The van der Waals surface area contributed by atoms with Crippen LogP contribution in [0.5, 0.6) is 0 Å². The molecule has 17 heavy (non-hydrogen) atoms. The van der Waals surface area contributed by atoms with E-state index in [0.717, 1.165) is 21.3 Å². The third-order valence-corrected chi connectivity index (χ3v) is 3.83. The fraction of sp³-hybridized carbons (Fsp3) is 0.250. The molecule has 0 unspecified atom stereocenters. The molecule has 0 saturated heterocycles. The minimum atomic E-state index is 0.547. The number of nitrogens with two attached hydrogens (primary N) is 1. The summed E-state index contributed by atoms with van der Waals surface area (Å²) in [7, 11) is 0. The lowest BCUT2D eigenvalue weighted by molar-refractivity contribution is 0.663. The number of aromatic nitrogens is 2. The zero-order chi connectivity index (χ0) is 12.4. The minimum Gasteiger partial charge on any atom is -0.326 e. The lowest BCUT2D eigenvalue weighted by atomic mass is 10.1. The van der Waals surface area contributed by atoms with Crippen LogP contribution in [0.15, 0.2) is 28.9 Å². The largest absolute Gasteiger partial charge is 0.326 e. The van der Waals surface area contributed by atoms with Crippen LogP contribution in [0, 0.1) is 6.92 Å². The molecule has 0 aliphatic rings. The Morgan fingerprint density at radius 3 is 2.76 bits per heavy atom. The van der Waals surface area contributed by atoms with Gasteiger partial charge < -0.3 is 5.73 Å². The predicted molar refractivity (Wildman–Crippen MR) is 73.1 cm³/mol. The van der Waals surface area contributed by atoms with Gasteiger partial charge in [-0.1, -0.05) is 39.7 Å². The van der Waals surface area contributed by atoms with Gasteiger partial charge in [0.05, 0.1) is 23.5 Å². The smallest absolute Gasteiger partial charge is 0.0815 e. The number of rotatable bonds is 3. The van der Waals surface area contributed by atoms with Gasteiger partial charge in [0.2, 0.25) is 0 Å². The molecule has 0 atom stereocenters. The summed E-state index contributed by atoms with van der Waals surface area (Å²) in [5, 5.41) is 4.93. The quantitative estimate of drug-likeness (QED) is 0.946. The molecule has 0 bridgehead atoms. The maximum atomic E-state index is 5.97. The summed E-state index contributed by atoms with van der Waals surface area (Å²) < 4.78 is 2.93. The van der Waals surface area contributed by atoms with Crippen LogP contribution in [0.3, 0.4) is 0 Å². The fourth-order valence-corrected chi connectivity index (χ4v) is 2.28. The molecule has 1 heterocycles. The molecule has 1 aromatic carbocycles. The van der Waals surface area contributed by atoms with Crippen LogP contribution in [0.1, 0.15) is 16.8 Å². The van der Waals surface area contributed by atoms with Crippen LogP contribution >= 0.6 is 27.5 Å². The van der Waals surface area contributed by atoms with E-state index in [0.29, 0.717) is 18.1 Å². The number of hydrogen-bond acceptors (Lipinski definition) is 2. The summed E-state index contributed by atoms with van der Waals surface area (Å²) in [6.07, 6.45) is 1.67. The molecule has 2 N–H and O–H groups in total. The first-order chi connectivity index (χ1) is 8.11. The van der Waals surface area contributed by atoms with Gasteiger partial charge in [0.25, 0.3) is 0 Å². The molecule has 0 aliphatic carbocycles. The molecule has 2 rings (SSSR count). The average molecular weight is 315 g/mol. The van der Waals surface area contributed by atoms with E-state index in [1.807, 2.05) is 23.7 Å². The summed E-state index contributed by atoms with van der Waals surface area (Å²) in [5.41, 5.74) is 8.83. The van der Waals surface area contributed by atoms with Gasteiger partial charge in [0.15, 0.2) is 0 Å². The van der Waals surface area contributed by atoms with Crippen LogP contribution in [0.4, 0.5) is 0 Å². The minimum absolute atomic E-state index is 0.547. The second-order valence-corrected chi connectivity index (χ2v) is 5.13. The Balaban J connectivity index is 2.27. The molecular weight excluding hydrogens is 302 g/mol. The van der Waals surface area contributed by atoms with Crippen molar-refractivity contribution in [2.24, 2.45) is 5.73 Å². The molecule has 0 spiro atoms. The van der Waals surface area contributed by atoms with Gasteiger partial charge in [-0.05, 0) is 24.1 Å². The monoisotopic (exact) mass is 313 g/mol. The molecule has 0 aliphatic heterocycles. The summed E-state index contributed by atoms with van der Waals surface area (Å²) in [6.45, 7) is 3.20. The highest BCUT2D eigenvalue weighted by atomic mass is 79.9. The Labute approximate surface area is 114 Å². The van der Waals surface area contributed by atoms with Crippen LogP contribution < -0.4 is 5.73 Å². The summed E-state index contributed by atoms with van der Waals surface area (Å²) in [6, 6.07) is 6.12. The van der Waals surface area contributed by atoms with Crippen LogP contribution in [0.25, 0.3) is 0 Å². The van der Waals surface area contributed by atoms with E-state index >= 15 is 0 Å². The van der Waals surface area contributed by atoms with Crippen LogP contribution in [0.2, 0.25) is 5.02 Å². The van der Waals surface area contributed by atoms with Gasteiger partial charge in [-0.15, -0.1) is 0 Å². The molecule has 0 fully saturated rings. The molecule has 90 valence electrons. The standard InChI is InChI=1S/C12H13BrClN3/c1-8-12(14)6-16-17(8)7-10-3-2-9(5-15)4-11(10)13/h2-4,6H,5,7,15H2,1H3. The van der Waals surface area contributed by atoms with Crippen LogP contribution in [-0.2, 0) is 13.1 Å². The van der Waals surface area contributed by atoms with Crippen molar-refractivity contribution in [1.29, 1.82) is 0 Å². The van der Waals surface area contributed by atoms with Crippen molar-refractivity contribution in [2.45, 2.75) is 20.0 Å². The maximum absolute atomic E-state index is 5.97. The van der Waals surface area contributed by atoms with Crippen molar-refractivity contribution in [3.63, 3.8) is 0 Å². The topological polar surface area (TPSA) is 43.8 Å². The van der Waals surface area contributed by atoms with Gasteiger partial charge in [-0.3, -0.25) is 4.68 Å². The third-order valence-electron chi connectivity index (χ3n) is 2.72. The van der Waals surface area contributed by atoms with Crippen molar-refractivity contribution in [2.75, 3.05) is 0 Å². The zero-order valence-corrected chi connectivity index (χ0v) is 11.8. The lowest BCUT2D eigenvalue weighted by Gasteiger charge is -2.08. The van der Waals surface area contributed by atoms with E-state index in [2.05, 4.69) is 27.1 Å². The van der Waals surface area contributed by atoms with Crippen molar-refractivity contribution in [3.8, 4) is 0 Å². The fourth-order valence-electron chi connectivity index (χ4n) is 1.59. The molecule has 5 heteroatoms. The number of hydrogen-bond donors (Lipinski definition) is 1. The first-order valence-electron chi connectivity index (χ1n) is 5.27. The maximum Gasteiger partial charge on any atom is 0.0815 e. The number of nitrogens with zero attached hydrogens (tertiary/aromatic N) is 2. The van der Waals surface area contributed by atoms with Crippen molar-refractivity contribution >= 4 is 27.5 Å². The van der Waals surface area contributed by atoms with Gasteiger partial charge in [-0.2, -0.15) is 5.10 Å². The molecule has 2 aromatic rings. The van der Waals surface area contributed by atoms with Gasteiger partial charge >= 0.3 is 0 Å². The lowest BCUT2D eigenvalue weighted by Crippen LogP contribution is -2.05. The van der Waals surface area contributed by atoms with Crippen molar-refractivity contribution < 1.29 is 0 Å². The average Bonchev–Trinajstić information content (AvgIpc) is 2.63. The van der Waals surface area contributed by atoms with E-state index in [9.17, 15) is 0 Å². The van der Waals surface area contributed by atoms with E-state index in [4.69, 9.17) is 17.3 Å². The number of halogens is 2. The normalized spacial score (nSPS) is 10.8. The summed E-state index contributed by atoms with van der Waals surface area (Å²) in [4.78, 5) is 0. The second-order valence-electron chi connectivity index (χ2n) is 3.87. The highest BCUT2D eigenvalue weighted by Gasteiger charge is 2.07. The molecule has 0 saturated carbocycles. The van der Waals surface area contributed by atoms with E-state index in [1.165, 1.54) is 0 Å². The Hall–Kier alpha value is -0.840. The van der Waals surface area contributed by atoms with E-state index in [1.54, 1.807) is 6.20 Å². The first-order valence-corrected chi connectivity index (χ1v) is 6.44. The Morgan fingerprint density at radius 1 is 1.47 bits per heavy atom. The zero-order valence-electron chi connectivity index (χ0n) is 9.45. The molecule has 1 aromatic heterocycles. The Kier molecular flexibility index (Phi) is 3.86.